The predicted molar refractivity (Wildman–Crippen MR) is 193 cm³/mol. The summed E-state index contributed by atoms with van der Waals surface area (Å²) in [7, 11) is 0. The second kappa shape index (κ2) is 16.5. The summed E-state index contributed by atoms with van der Waals surface area (Å²) in [5.74, 6) is -1.57. The summed E-state index contributed by atoms with van der Waals surface area (Å²) in [6.45, 7) is 10.1. The number of nitrogens with one attached hydrogen (secondary N) is 3. The van der Waals surface area contributed by atoms with Gasteiger partial charge in [0.25, 0.3) is 17.3 Å². The van der Waals surface area contributed by atoms with Gasteiger partial charge >= 0.3 is 12.2 Å². The lowest BCUT2D eigenvalue weighted by atomic mass is 10.0. The molecular formula is C36H42FN7O9. The van der Waals surface area contributed by atoms with Crippen LogP contribution in [0.3, 0.4) is 0 Å². The Morgan fingerprint density at radius 1 is 0.830 bits per heavy atom. The predicted octanol–water partition coefficient (Wildman–Crippen LogP) is 6.64. The summed E-state index contributed by atoms with van der Waals surface area (Å²) in [5.41, 5.74) is -0.0298. The van der Waals surface area contributed by atoms with E-state index in [1.807, 2.05) is 0 Å². The largest absolute Gasteiger partial charge is 0.444 e. The van der Waals surface area contributed by atoms with Gasteiger partial charge in [0, 0.05) is 49.0 Å². The van der Waals surface area contributed by atoms with E-state index < -0.39 is 51.0 Å². The van der Waals surface area contributed by atoms with E-state index in [1.165, 1.54) is 16.7 Å². The van der Waals surface area contributed by atoms with Crippen molar-refractivity contribution in [2.45, 2.75) is 78.2 Å². The number of aromatic nitrogens is 2. The van der Waals surface area contributed by atoms with Crippen LogP contribution in [0.1, 0.15) is 70.6 Å². The van der Waals surface area contributed by atoms with E-state index in [9.17, 15) is 34.6 Å². The summed E-state index contributed by atoms with van der Waals surface area (Å²) in [4.78, 5) is 64.6. The van der Waals surface area contributed by atoms with Gasteiger partial charge in [0.1, 0.15) is 17.0 Å². The summed E-state index contributed by atoms with van der Waals surface area (Å²) >= 11 is 0. The molecule has 3 amide bonds. The third kappa shape index (κ3) is 11.4. The fraction of sp³-hybridized carbons (Fsp3) is 0.389. The number of benzene rings is 3. The Morgan fingerprint density at radius 3 is 2.06 bits per heavy atom. The Bertz CT molecular complexity index is 2000. The van der Waals surface area contributed by atoms with Crippen LogP contribution in [0.5, 0.6) is 0 Å². The van der Waals surface area contributed by atoms with Crippen molar-refractivity contribution < 1.29 is 38.1 Å². The molecule has 0 spiro atoms. The number of carbonyl (C=O) groups is 3. The fourth-order valence-corrected chi connectivity index (χ4v) is 5.23. The van der Waals surface area contributed by atoms with E-state index >= 15 is 4.39 Å². The van der Waals surface area contributed by atoms with Gasteiger partial charge in [-0.25, -0.2) is 19.0 Å². The van der Waals surface area contributed by atoms with Crippen molar-refractivity contribution in [3.63, 3.8) is 0 Å². The van der Waals surface area contributed by atoms with Crippen molar-refractivity contribution in [2.24, 2.45) is 0 Å². The number of ether oxygens (including phenoxy) is 2. The van der Waals surface area contributed by atoms with Crippen molar-refractivity contribution in [1.29, 1.82) is 0 Å². The van der Waals surface area contributed by atoms with Crippen molar-refractivity contribution in [3.05, 3.63) is 98.1 Å². The lowest BCUT2D eigenvalue weighted by Gasteiger charge is -2.24. The molecule has 3 aromatic carbocycles. The maximum Gasteiger partial charge on any atom is 0.407 e. The summed E-state index contributed by atoms with van der Waals surface area (Å²) in [5, 5.41) is 30.8. The number of nitro groups is 2. The molecule has 3 N–H and O–H groups in total. The average Bonchev–Trinajstić information content (AvgIpc) is 3.42. The molecule has 16 nitrogen and oxygen atoms in total. The highest BCUT2D eigenvalue weighted by molar-refractivity contribution is 5.96. The van der Waals surface area contributed by atoms with Gasteiger partial charge in [-0.15, -0.1) is 0 Å². The van der Waals surface area contributed by atoms with Crippen molar-refractivity contribution in [2.75, 3.05) is 13.1 Å². The van der Waals surface area contributed by atoms with E-state index in [4.69, 9.17) is 9.47 Å². The Balaban J connectivity index is 1.63. The number of hydrogen-bond donors (Lipinski definition) is 3. The second-order valence-electron chi connectivity index (χ2n) is 14.2. The van der Waals surface area contributed by atoms with Gasteiger partial charge in [0.2, 0.25) is 0 Å². The lowest BCUT2D eigenvalue weighted by Crippen LogP contribution is -2.46. The highest BCUT2D eigenvalue weighted by Gasteiger charge is 2.24. The number of hydrogen-bond acceptors (Lipinski definition) is 10. The number of non-ortho nitro benzene ring substituents is 2. The molecule has 0 fully saturated rings. The molecule has 0 saturated heterocycles. The van der Waals surface area contributed by atoms with Crippen LogP contribution in [0.2, 0.25) is 0 Å². The molecule has 4 aromatic rings. The molecule has 0 aliphatic heterocycles. The summed E-state index contributed by atoms with van der Waals surface area (Å²) in [6.07, 6.45) is -0.614. The SMILES string of the molecule is CC(C)(C)OC(=O)NCCC[C@@H](CNC(=O)c1nc2ccc(-c3ccc([N+](=O)[O-])cc3)cc2n1Cc1cc([N+](=O)[O-])ccc1F)NC(=O)OC(C)(C)C. The minimum absolute atomic E-state index is 0.0738. The zero-order valence-electron chi connectivity index (χ0n) is 30.2. The van der Waals surface area contributed by atoms with Crippen LogP contribution < -0.4 is 16.0 Å². The monoisotopic (exact) mass is 735 g/mol. The van der Waals surface area contributed by atoms with Gasteiger partial charge in [0.15, 0.2) is 5.82 Å². The van der Waals surface area contributed by atoms with Gasteiger partial charge in [0.05, 0.1) is 27.4 Å². The molecule has 0 aliphatic carbocycles. The van der Waals surface area contributed by atoms with Crippen LogP contribution in [0, 0.1) is 26.0 Å². The van der Waals surface area contributed by atoms with Crippen LogP contribution in [-0.2, 0) is 16.0 Å². The number of rotatable bonds is 13. The minimum atomic E-state index is -0.796. The normalized spacial score (nSPS) is 12.1. The van der Waals surface area contributed by atoms with E-state index in [2.05, 4.69) is 20.9 Å². The molecule has 1 heterocycles. The average molecular weight is 736 g/mol. The van der Waals surface area contributed by atoms with Gasteiger partial charge in [-0.05, 0) is 95.8 Å². The highest BCUT2D eigenvalue weighted by atomic mass is 19.1. The van der Waals surface area contributed by atoms with Crippen LogP contribution >= 0.6 is 0 Å². The zero-order chi connectivity index (χ0) is 39.1. The number of alkyl carbamates (subject to hydrolysis) is 2. The molecule has 0 aliphatic rings. The van der Waals surface area contributed by atoms with Crippen LogP contribution in [-0.4, -0.2) is 67.8 Å². The number of halogens is 1. The molecule has 0 saturated carbocycles. The van der Waals surface area contributed by atoms with E-state index in [0.717, 1.165) is 18.2 Å². The topological polar surface area (TPSA) is 210 Å². The number of carbonyl (C=O) groups excluding carboxylic acids is 3. The molecule has 1 atom stereocenters. The molecule has 0 radical (unpaired) electrons. The Kier molecular flexibility index (Phi) is 12.3. The first-order chi connectivity index (χ1) is 24.8. The van der Waals surface area contributed by atoms with Crippen molar-refractivity contribution >= 4 is 40.5 Å². The van der Waals surface area contributed by atoms with Crippen molar-refractivity contribution in [3.8, 4) is 11.1 Å². The fourth-order valence-electron chi connectivity index (χ4n) is 5.23. The van der Waals surface area contributed by atoms with Crippen LogP contribution in [0.4, 0.5) is 25.4 Å². The zero-order valence-corrected chi connectivity index (χ0v) is 30.2. The first kappa shape index (κ1) is 39.7. The van der Waals surface area contributed by atoms with E-state index in [0.29, 0.717) is 35.0 Å². The molecule has 0 unspecified atom stereocenters. The Morgan fingerprint density at radius 2 is 1.43 bits per heavy atom. The highest BCUT2D eigenvalue weighted by Crippen LogP contribution is 2.28. The van der Waals surface area contributed by atoms with Crippen LogP contribution in [0.15, 0.2) is 60.7 Å². The molecule has 17 heteroatoms. The van der Waals surface area contributed by atoms with Gasteiger partial charge in [-0.3, -0.25) is 25.0 Å². The molecular weight excluding hydrogens is 693 g/mol. The molecule has 53 heavy (non-hydrogen) atoms. The number of nitro benzene ring substituents is 2. The third-order valence-corrected chi connectivity index (χ3v) is 7.56. The van der Waals surface area contributed by atoms with E-state index in [1.54, 1.807) is 71.9 Å². The number of imidazole rings is 1. The standard InChI is InChI=1S/C36H42FN7O9/c1-35(2,3)52-33(46)38-17-7-8-25(40-34(47)53-36(4,5)6)20-39-32(45)31-41-29-16-11-23(22-9-12-26(13-10-22)43(48)49)19-30(29)42(31)21-24-18-27(44(50)51)14-15-28(24)37/h9-16,18-19,25H,7-8,17,20-21H2,1-6H3,(H,38,46)(H,39,45)(H,40,47)/t25-/m0/s1. The summed E-state index contributed by atoms with van der Waals surface area (Å²) in [6, 6.07) is 13.3. The molecule has 0 bridgehead atoms. The first-order valence-electron chi connectivity index (χ1n) is 16.7. The smallest absolute Gasteiger partial charge is 0.407 e. The Hall–Kier alpha value is -6.13. The quantitative estimate of drug-likeness (QED) is 0.0757. The van der Waals surface area contributed by atoms with Crippen molar-refractivity contribution in [1.82, 2.24) is 25.5 Å². The summed E-state index contributed by atoms with van der Waals surface area (Å²) < 4.78 is 27.2. The van der Waals surface area contributed by atoms with E-state index in [-0.39, 0.29) is 42.4 Å². The molecule has 4 rings (SSSR count). The minimum Gasteiger partial charge on any atom is -0.444 e. The third-order valence-electron chi connectivity index (χ3n) is 7.56. The van der Waals surface area contributed by atoms with Gasteiger partial charge in [-0.1, -0.05) is 6.07 Å². The Labute approximate surface area is 304 Å². The maximum atomic E-state index is 15.1. The van der Waals surface area contributed by atoms with Crippen LogP contribution in [0.25, 0.3) is 22.2 Å². The first-order valence-corrected chi connectivity index (χ1v) is 16.7. The van der Waals surface area contributed by atoms with Gasteiger partial charge in [-0.2, -0.15) is 0 Å². The maximum absolute atomic E-state index is 15.1. The molecule has 282 valence electrons. The number of nitrogens with zero attached hydrogens (tertiary/aromatic N) is 4. The molecule has 1 aromatic heterocycles. The number of fused-ring (bicyclic) bond motifs is 1. The lowest BCUT2D eigenvalue weighted by molar-refractivity contribution is -0.385. The number of amides is 3. The van der Waals surface area contributed by atoms with Gasteiger partial charge < -0.3 is 30.0 Å². The second-order valence-corrected chi connectivity index (χ2v) is 14.2.